The summed E-state index contributed by atoms with van der Waals surface area (Å²) in [5.41, 5.74) is 5.63. The van der Waals surface area contributed by atoms with Crippen LogP contribution >= 0.6 is 0 Å². The van der Waals surface area contributed by atoms with Crippen molar-refractivity contribution in [2.45, 2.75) is 20.8 Å². The summed E-state index contributed by atoms with van der Waals surface area (Å²) in [5.74, 6) is 0. The standard InChI is InChI=1S/C13H14N2/c1-9-4-5-13(15-11(9)3)12-8-14-7-6-10(12)2/h4-8H,1-3H3. The summed E-state index contributed by atoms with van der Waals surface area (Å²) in [6.07, 6.45) is 3.67. The molecule has 0 aliphatic carbocycles. The van der Waals surface area contributed by atoms with Crippen molar-refractivity contribution < 1.29 is 0 Å². The molecule has 0 spiro atoms. The fourth-order valence-corrected chi connectivity index (χ4v) is 1.51. The van der Waals surface area contributed by atoms with Gasteiger partial charge in [0, 0.05) is 23.7 Å². The molecule has 2 rings (SSSR count). The van der Waals surface area contributed by atoms with Crippen LogP contribution in [0.25, 0.3) is 11.3 Å². The normalized spacial score (nSPS) is 10.3. The summed E-state index contributed by atoms with van der Waals surface area (Å²) in [7, 11) is 0. The van der Waals surface area contributed by atoms with Crippen LogP contribution in [0.2, 0.25) is 0 Å². The Hall–Kier alpha value is -1.70. The van der Waals surface area contributed by atoms with Crippen molar-refractivity contribution in [1.29, 1.82) is 0 Å². The second kappa shape index (κ2) is 3.81. The Balaban J connectivity index is 2.55. The number of aromatic nitrogens is 2. The van der Waals surface area contributed by atoms with Crippen LogP contribution in [0.4, 0.5) is 0 Å². The zero-order valence-corrected chi connectivity index (χ0v) is 9.28. The van der Waals surface area contributed by atoms with Gasteiger partial charge in [0.1, 0.15) is 0 Å². The van der Waals surface area contributed by atoms with Crippen LogP contribution < -0.4 is 0 Å². The van der Waals surface area contributed by atoms with Crippen LogP contribution in [0.5, 0.6) is 0 Å². The summed E-state index contributed by atoms with van der Waals surface area (Å²) in [4.78, 5) is 8.70. The largest absolute Gasteiger partial charge is 0.264 e. The molecule has 76 valence electrons. The van der Waals surface area contributed by atoms with Gasteiger partial charge in [-0.3, -0.25) is 9.97 Å². The van der Waals surface area contributed by atoms with E-state index in [0.29, 0.717) is 0 Å². The predicted octanol–water partition coefficient (Wildman–Crippen LogP) is 3.07. The second-order valence-corrected chi connectivity index (χ2v) is 3.79. The lowest BCUT2D eigenvalue weighted by Gasteiger charge is -2.06. The molecular weight excluding hydrogens is 184 g/mol. The van der Waals surface area contributed by atoms with Crippen LogP contribution in [0.1, 0.15) is 16.8 Å². The molecule has 0 N–H and O–H groups in total. The van der Waals surface area contributed by atoms with Gasteiger partial charge in [0.15, 0.2) is 0 Å². The second-order valence-electron chi connectivity index (χ2n) is 3.79. The van der Waals surface area contributed by atoms with E-state index in [1.165, 1.54) is 11.1 Å². The number of pyridine rings is 2. The predicted molar refractivity (Wildman–Crippen MR) is 61.7 cm³/mol. The van der Waals surface area contributed by atoms with E-state index in [-0.39, 0.29) is 0 Å². The van der Waals surface area contributed by atoms with E-state index in [2.05, 4.69) is 29.9 Å². The zero-order valence-electron chi connectivity index (χ0n) is 9.28. The van der Waals surface area contributed by atoms with Crippen LogP contribution in [-0.4, -0.2) is 9.97 Å². The van der Waals surface area contributed by atoms with Gasteiger partial charge in [-0.25, -0.2) is 0 Å². The van der Waals surface area contributed by atoms with Crippen molar-refractivity contribution in [1.82, 2.24) is 9.97 Å². The van der Waals surface area contributed by atoms with Crippen molar-refractivity contribution in [2.24, 2.45) is 0 Å². The molecule has 0 radical (unpaired) electrons. The molecule has 0 fully saturated rings. The van der Waals surface area contributed by atoms with Gasteiger partial charge < -0.3 is 0 Å². The third-order valence-corrected chi connectivity index (χ3v) is 2.67. The number of hydrogen-bond acceptors (Lipinski definition) is 2. The third kappa shape index (κ3) is 1.89. The minimum Gasteiger partial charge on any atom is -0.264 e. The molecule has 0 amide bonds. The Kier molecular flexibility index (Phi) is 2.50. The molecule has 0 saturated carbocycles. The quantitative estimate of drug-likeness (QED) is 0.703. The number of hydrogen-bond donors (Lipinski definition) is 0. The Morgan fingerprint density at radius 3 is 2.40 bits per heavy atom. The molecule has 15 heavy (non-hydrogen) atoms. The molecule has 0 unspecified atom stereocenters. The van der Waals surface area contributed by atoms with Gasteiger partial charge in [-0.2, -0.15) is 0 Å². The molecule has 2 heteroatoms. The molecule has 0 aromatic carbocycles. The summed E-state index contributed by atoms with van der Waals surface area (Å²) in [5, 5.41) is 0. The Morgan fingerprint density at radius 1 is 0.933 bits per heavy atom. The van der Waals surface area contributed by atoms with E-state index in [9.17, 15) is 0 Å². The highest BCUT2D eigenvalue weighted by Crippen LogP contribution is 2.20. The maximum atomic E-state index is 4.56. The zero-order chi connectivity index (χ0) is 10.8. The molecule has 0 aliphatic heterocycles. The molecule has 0 bridgehead atoms. The number of rotatable bonds is 1. The van der Waals surface area contributed by atoms with Crippen molar-refractivity contribution in [2.75, 3.05) is 0 Å². The summed E-state index contributed by atoms with van der Waals surface area (Å²) in [6.45, 7) is 6.18. The maximum Gasteiger partial charge on any atom is 0.0723 e. The summed E-state index contributed by atoms with van der Waals surface area (Å²) in [6, 6.07) is 6.16. The first-order chi connectivity index (χ1) is 7.18. The molecule has 0 saturated heterocycles. The van der Waals surface area contributed by atoms with Crippen molar-refractivity contribution >= 4 is 0 Å². The lowest BCUT2D eigenvalue weighted by molar-refractivity contribution is 1.14. The highest BCUT2D eigenvalue weighted by Gasteiger charge is 2.04. The van der Waals surface area contributed by atoms with Gasteiger partial charge in [-0.05, 0) is 44.0 Å². The van der Waals surface area contributed by atoms with Gasteiger partial charge in [-0.1, -0.05) is 6.07 Å². The number of aryl methyl sites for hydroxylation is 3. The fraction of sp³-hybridized carbons (Fsp3) is 0.231. The van der Waals surface area contributed by atoms with E-state index in [1.807, 2.05) is 25.3 Å². The maximum absolute atomic E-state index is 4.56. The van der Waals surface area contributed by atoms with Crippen molar-refractivity contribution in [3.05, 3.63) is 47.4 Å². The lowest BCUT2D eigenvalue weighted by Crippen LogP contribution is -1.92. The van der Waals surface area contributed by atoms with Crippen LogP contribution in [0.15, 0.2) is 30.6 Å². The molecule has 2 heterocycles. The van der Waals surface area contributed by atoms with Gasteiger partial charge >= 0.3 is 0 Å². The summed E-state index contributed by atoms with van der Waals surface area (Å²) >= 11 is 0. The lowest BCUT2D eigenvalue weighted by atomic mass is 10.1. The smallest absolute Gasteiger partial charge is 0.0723 e. The van der Waals surface area contributed by atoms with Crippen LogP contribution in [0.3, 0.4) is 0 Å². The Morgan fingerprint density at radius 2 is 1.73 bits per heavy atom. The van der Waals surface area contributed by atoms with Crippen LogP contribution in [-0.2, 0) is 0 Å². The molecule has 2 nitrogen and oxygen atoms in total. The SMILES string of the molecule is Cc1ccncc1-c1ccc(C)c(C)n1. The minimum absolute atomic E-state index is 1.00. The van der Waals surface area contributed by atoms with Crippen LogP contribution in [0, 0.1) is 20.8 Å². The average Bonchev–Trinajstić information content (AvgIpc) is 2.23. The van der Waals surface area contributed by atoms with E-state index >= 15 is 0 Å². The van der Waals surface area contributed by atoms with Gasteiger partial charge in [0.2, 0.25) is 0 Å². The van der Waals surface area contributed by atoms with Gasteiger partial charge in [0.25, 0.3) is 0 Å². The molecule has 0 atom stereocenters. The van der Waals surface area contributed by atoms with E-state index in [0.717, 1.165) is 17.0 Å². The highest BCUT2D eigenvalue weighted by atomic mass is 14.7. The fourth-order valence-electron chi connectivity index (χ4n) is 1.51. The molecular formula is C13H14N2. The minimum atomic E-state index is 1.00. The first-order valence-corrected chi connectivity index (χ1v) is 5.03. The first kappa shape index (κ1) is 9.84. The van der Waals surface area contributed by atoms with Crippen molar-refractivity contribution in [3.63, 3.8) is 0 Å². The topological polar surface area (TPSA) is 25.8 Å². The third-order valence-electron chi connectivity index (χ3n) is 2.67. The molecule has 0 aliphatic rings. The average molecular weight is 198 g/mol. The Bertz CT molecular complexity index is 490. The Labute approximate surface area is 90.0 Å². The highest BCUT2D eigenvalue weighted by molar-refractivity contribution is 5.62. The number of nitrogens with zero attached hydrogens (tertiary/aromatic N) is 2. The van der Waals surface area contributed by atoms with Gasteiger partial charge in [-0.15, -0.1) is 0 Å². The van der Waals surface area contributed by atoms with Gasteiger partial charge in [0.05, 0.1) is 5.69 Å². The molecule has 2 aromatic rings. The van der Waals surface area contributed by atoms with E-state index < -0.39 is 0 Å². The van der Waals surface area contributed by atoms with Crippen molar-refractivity contribution in [3.8, 4) is 11.3 Å². The van der Waals surface area contributed by atoms with E-state index in [4.69, 9.17) is 0 Å². The monoisotopic (exact) mass is 198 g/mol. The summed E-state index contributed by atoms with van der Waals surface area (Å²) < 4.78 is 0. The van der Waals surface area contributed by atoms with E-state index in [1.54, 1.807) is 6.20 Å². The first-order valence-electron chi connectivity index (χ1n) is 5.03. The molecule has 2 aromatic heterocycles.